The number of rotatable bonds is 21. The zero-order valence-electron chi connectivity index (χ0n) is 28.0. The summed E-state index contributed by atoms with van der Waals surface area (Å²) in [5.41, 5.74) is 1.31. The maximum atomic E-state index is 13.5. The molecule has 2 rings (SSSR count). The van der Waals surface area contributed by atoms with Crippen LogP contribution >= 0.6 is 0 Å². The highest BCUT2D eigenvalue weighted by molar-refractivity contribution is 5.77. The maximum Gasteiger partial charge on any atom is 0.317 e. The Hall–Kier alpha value is -4.43. The third-order valence-corrected chi connectivity index (χ3v) is 7.45. The Kier molecular flexibility index (Phi) is 15.2. The lowest BCUT2D eigenvalue weighted by Gasteiger charge is -2.35. The van der Waals surface area contributed by atoms with E-state index >= 15 is 0 Å². The molecule has 2 aromatic carbocycles. The maximum absolute atomic E-state index is 13.5. The van der Waals surface area contributed by atoms with Crippen LogP contribution in [0.15, 0.2) is 24.3 Å². The molecule has 0 heterocycles. The quantitative estimate of drug-likeness (QED) is 0.204. The predicted octanol–water partition coefficient (Wildman–Crippen LogP) is 2.84. The van der Waals surface area contributed by atoms with E-state index in [0.29, 0.717) is 58.7 Å². The molecule has 14 heteroatoms. The molecular weight excluding hydrogens is 602 g/mol. The molecule has 1 atom stereocenters. The van der Waals surface area contributed by atoms with Crippen molar-refractivity contribution in [3.8, 4) is 34.5 Å². The van der Waals surface area contributed by atoms with E-state index in [0.717, 1.165) is 0 Å². The first-order chi connectivity index (χ1) is 22.0. The summed E-state index contributed by atoms with van der Waals surface area (Å²) in [7, 11) is 8.90. The van der Waals surface area contributed by atoms with Gasteiger partial charge in [0, 0.05) is 45.2 Å². The number of carboxylic acids is 2. The van der Waals surface area contributed by atoms with E-state index in [1.165, 1.54) is 42.7 Å². The van der Waals surface area contributed by atoms with Gasteiger partial charge in [-0.25, -0.2) is 0 Å². The Morgan fingerprint density at radius 3 is 1.41 bits per heavy atom. The van der Waals surface area contributed by atoms with Gasteiger partial charge in [0.1, 0.15) is 0 Å². The van der Waals surface area contributed by atoms with Crippen LogP contribution in [-0.4, -0.2) is 124 Å². The molecule has 0 bridgehead atoms. The average Bonchev–Trinajstić information content (AvgIpc) is 3.02. The fourth-order valence-corrected chi connectivity index (χ4v) is 5.32. The fourth-order valence-electron chi connectivity index (χ4n) is 5.32. The fraction of sp³-hybridized carbons (Fsp3) is 0.531. The molecule has 1 unspecified atom stereocenters. The van der Waals surface area contributed by atoms with Crippen LogP contribution in [0, 0.1) is 0 Å². The third-order valence-electron chi connectivity index (χ3n) is 7.45. The Balaban J connectivity index is 2.62. The van der Waals surface area contributed by atoms with Gasteiger partial charge in [-0.2, -0.15) is 0 Å². The van der Waals surface area contributed by atoms with Crippen molar-refractivity contribution in [2.24, 2.45) is 0 Å². The van der Waals surface area contributed by atoms with E-state index in [4.69, 9.17) is 28.4 Å². The normalized spacial score (nSPS) is 11.6. The first-order valence-corrected chi connectivity index (χ1v) is 14.7. The highest BCUT2D eigenvalue weighted by Gasteiger charge is 2.29. The van der Waals surface area contributed by atoms with E-state index < -0.39 is 24.5 Å². The summed E-state index contributed by atoms with van der Waals surface area (Å²) in [5, 5.41) is 19.8. The van der Waals surface area contributed by atoms with E-state index in [9.17, 15) is 24.6 Å². The Labute approximate surface area is 270 Å². The van der Waals surface area contributed by atoms with Gasteiger partial charge < -0.3 is 43.5 Å². The van der Waals surface area contributed by atoms with Crippen LogP contribution in [0.2, 0.25) is 0 Å². The van der Waals surface area contributed by atoms with Crippen LogP contribution in [-0.2, 0) is 27.5 Å². The molecule has 256 valence electrons. The Morgan fingerprint density at radius 1 is 0.652 bits per heavy atom. The number of carboxylic acid groups (broad SMARTS) is 2. The van der Waals surface area contributed by atoms with Gasteiger partial charge in [0.05, 0.1) is 55.7 Å². The third kappa shape index (κ3) is 10.3. The summed E-state index contributed by atoms with van der Waals surface area (Å²) in [6.45, 7) is 4.14. The summed E-state index contributed by atoms with van der Waals surface area (Å²) >= 11 is 0. The SMILES string of the molecule is CCN(CC)C(=O)CC(CN(CC(=O)O)Cc1cc(OC)c(OC)c(OC)c1)N(CC(=O)O)Cc1cc(OC)c(OC)c(OC)c1. The Morgan fingerprint density at radius 2 is 1.07 bits per heavy atom. The number of carbonyl (C=O) groups is 3. The molecule has 46 heavy (non-hydrogen) atoms. The molecule has 0 fully saturated rings. The van der Waals surface area contributed by atoms with Gasteiger partial charge in [-0.15, -0.1) is 0 Å². The van der Waals surface area contributed by atoms with Gasteiger partial charge in [0.25, 0.3) is 0 Å². The number of carbonyl (C=O) groups excluding carboxylic acids is 1. The minimum atomic E-state index is -1.11. The molecule has 0 aliphatic heterocycles. The monoisotopic (exact) mass is 649 g/mol. The lowest BCUT2D eigenvalue weighted by Crippen LogP contribution is -2.49. The smallest absolute Gasteiger partial charge is 0.317 e. The average molecular weight is 650 g/mol. The van der Waals surface area contributed by atoms with Gasteiger partial charge in [0.15, 0.2) is 23.0 Å². The lowest BCUT2D eigenvalue weighted by molar-refractivity contribution is -0.142. The largest absolute Gasteiger partial charge is 0.493 e. The van der Waals surface area contributed by atoms with E-state index in [1.54, 1.807) is 39.0 Å². The minimum absolute atomic E-state index is 0.0493. The number of benzene rings is 2. The van der Waals surface area contributed by atoms with Crippen LogP contribution in [0.1, 0.15) is 31.4 Å². The molecule has 0 aliphatic carbocycles. The number of hydrogen-bond donors (Lipinski definition) is 2. The zero-order valence-corrected chi connectivity index (χ0v) is 28.0. The molecule has 0 aromatic heterocycles. The van der Waals surface area contributed by atoms with Gasteiger partial charge in [-0.1, -0.05) is 0 Å². The van der Waals surface area contributed by atoms with Gasteiger partial charge in [0.2, 0.25) is 17.4 Å². The molecule has 0 aliphatic rings. The summed E-state index contributed by atoms with van der Waals surface area (Å²) in [6.07, 6.45) is -0.0508. The van der Waals surface area contributed by atoms with E-state index in [1.807, 2.05) is 13.8 Å². The van der Waals surface area contributed by atoms with Gasteiger partial charge in [-0.05, 0) is 49.2 Å². The first-order valence-electron chi connectivity index (χ1n) is 14.7. The van der Waals surface area contributed by atoms with Crippen LogP contribution in [0.5, 0.6) is 34.5 Å². The van der Waals surface area contributed by atoms with Crippen molar-refractivity contribution >= 4 is 17.8 Å². The first kappa shape index (κ1) is 37.8. The van der Waals surface area contributed by atoms with Crippen molar-refractivity contribution < 1.29 is 53.0 Å². The van der Waals surface area contributed by atoms with E-state index in [-0.39, 0.29) is 38.5 Å². The van der Waals surface area contributed by atoms with Crippen molar-refractivity contribution in [3.63, 3.8) is 0 Å². The summed E-state index contributed by atoms with van der Waals surface area (Å²) in [4.78, 5) is 42.7. The van der Waals surface area contributed by atoms with Crippen LogP contribution in [0.3, 0.4) is 0 Å². The van der Waals surface area contributed by atoms with Crippen molar-refractivity contribution in [2.75, 3.05) is 75.4 Å². The lowest BCUT2D eigenvalue weighted by atomic mass is 10.1. The summed E-state index contributed by atoms with van der Waals surface area (Å²) in [5.74, 6) is -0.0404. The molecule has 14 nitrogen and oxygen atoms in total. The number of hydrogen-bond acceptors (Lipinski definition) is 11. The van der Waals surface area contributed by atoms with Crippen molar-refractivity contribution in [1.82, 2.24) is 14.7 Å². The standard InChI is InChI=1S/C32H47N3O11/c1-9-34(10-2)28(36)15-23(35(20-30(39)40)17-22-13-26(43-5)32(46-8)27(14-22)44-6)18-33(19-29(37)38)16-21-11-24(41-3)31(45-7)25(12-21)42-4/h11-14,23H,9-10,15-20H2,1-8H3,(H,37,38)(H,39,40). The molecule has 0 saturated carbocycles. The van der Waals surface area contributed by atoms with Crippen LogP contribution in [0.25, 0.3) is 0 Å². The minimum Gasteiger partial charge on any atom is -0.493 e. The summed E-state index contributed by atoms with van der Waals surface area (Å²) < 4.78 is 32.8. The number of nitrogens with zero attached hydrogens (tertiary/aromatic N) is 3. The second kappa shape index (κ2) is 18.5. The predicted molar refractivity (Wildman–Crippen MR) is 169 cm³/mol. The topological polar surface area (TPSA) is 157 Å². The summed E-state index contributed by atoms with van der Waals surface area (Å²) in [6, 6.07) is 6.16. The second-order valence-corrected chi connectivity index (χ2v) is 10.4. The van der Waals surface area contributed by atoms with Crippen molar-refractivity contribution in [2.45, 2.75) is 39.4 Å². The molecule has 1 amide bonds. The van der Waals surface area contributed by atoms with Crippen molar-refractivity contribution in [3.05, 3.63) is 35.4 Å². The molecule has 0 spiro atoms. The molecule has 0 radical (unpaired) electrons. The number of aliphatic carboxylic acids is 2. The molecule has 2 N–H and O–H groups in total. The number of methoxy groups -OCH3 is 6. The van der Waals surface area contributed by atoms with Crippen LogP contribution < -0.4 is 28.4 Å². The number of ether oxygens (including phenoxy) is 6. The van der Waals surface area contributed by atoms with Gasteiger partial charge in [-0.3, -0.25) is 24.2 Å². The molecule has 0 saturated heterocycles. The zero-order chi connectivity index (χ0) is 34.4. The highest BCUT2D eigenvalue weighted by Crippen LogP contribution is 2.40. The van der Waals surface area contributed by atoms with Gasteiger partial charge >= 0.3 is 11.9 Å². The second-order valence-electron chi connectivity index (χ2n) is 10.4. The van der Waals surface area contributed by atoms with Crippen LogP contribution in [0.4, 0.5) is 0 Å². The highest BCUT2D eigenvalue weighted by atomic mass is 16.5. The Bertz CT molecular complexity index is 1270. The van der Waals surface area contributed by atoms with Crippen molar-refractivity contribution in [1.29, 1.82) is 0 Å². The molecular formula is C32H47N3O11. The van der Waals surface area contributed by atoms with E-state index in [2.05, 4.69) is 0 Å². The number of amides is 1. The molecule has 2 aromatic rings.